The highest BCUT2D eigenvalue weighted by atomic mass is 16.1. The molecule has 1 unspecified atom stereocenters. The molecule has 0 aliphatic rings. The lowest BCUT2D eigenvalue weighted by atomic mass is 10.1. The molecule has 0 spiro atoms. The van der Waals surface area contributed by atoms with Crippen molar-refractivity contribution in [1.82, 2.24) is 15.6 Å². The Morgan fingerprint density at radius 3 is 2.76 bits per heavy atom. The molecular weight excluding hydrogens is 214 g/mol. The van der Waals surface area contributed by atoms with Crippen LogP contribution in [-0.2, 0) is 4.79 Å². The highest BCUT2D eigenvalue weighted by Crippen LogP contribution is 2.08. The number of pyridine rings is 1. The van der Waals surface area contributed by atoms with Crippen molar-refractivity contribution < 1.29 is 4.79 Å². The summed E-state index contributed by atoms with van der Waals surface area (Å²) in [5.74, 6) is 0.518. The van der Waals surface area contributed by atoms with Gasteiger partial charge in [0.15, 0.2) is 0 Å². The zero-order valence-electron chi connectivity index (χ0n) is 10.7. The van der Waals surface area contributed by atoms with E-state index in [-0.39, 0.29) is 11.9 Å². The topological polar surface area (TPSA) is 54.0 Å². The van der Waals surface area contributed by atoms with E-state index >= 15 is 0 Å². The average molecular weight is 235 g/mol. The van der Waals surface area contributed by atoms with E-state index in [9.17, 15) is 4.79 Å². The Kier molecular flexibility index (Phi) is 5.63. The second kappa shape index (κ2) is 7.01. The first kappa shape index (κ1) is 13.6. The Hall–Kier alpha value is -1.42. The Bertz CT molecular complexity index is 338. The van der Waals surface area contributed by atoms with Crippen molar-refractivity contribution in [1.29, 1.82) is 0 Å². The standard InChI is InChI=1S/C13H21N3O/c1-10(2)7-16-13(17)9-15-11(3)12-5-4-6-14-8-12/h4-6,8,10-11,15H,7,9H2,1-3H3,(H,16,17). The predicted molar refractivity (Wildman–Crippen MR) is 68.5 cm³/mol. The fourth-order valence-electron chi connectivity index (χ4n) is 1.38. The van der Waals surface area contributed by atoms with Gasteiger partial charge in [0, 0.05) is 25.0 Å². The van der Waals surface area contributed by atoms with Crippen molar-refractivity contribution in [2.75, 3.05) is 13.1 Å². The van der Waals surface area contributed by atoms with Crippen LogP contribution in [0.25, 0.3) is 0 Å². The van der Waals surface area contributed by atoms with Crippen LogP contribution < -0.4 is 10.6 Å². The summed E-state index contributed by atoms with van der Waals surface area (Å²) in [6.07, 6.45) is 3.55. The molecule has 0 fully saturated rings. The minimum Gasteiger partial charge on any atom is -0.355 e. The van der Waals surface area contributed by atoms with Gasteiger partial charge in [-0.2, -0.15) is 0 Å². The van der Waals surface area contributed by atoms with Crippen molar-refractivity contribution in [3.05, 3.63) is 30.1 Å². The van der Waals surface area contributed by atoms with E-state index in [4.69, 9.17) is 0 Å². The molecule has 4 heteroatoms. The number of carbonyl (C=O) groups is 1. The first-order valence-corrected chi connectivity index (χ1v) is 5.99. The lowest BCUT2D eigenvalue weighted by Crippen LogP contribution is -2.36. The van der Waals surface area contributed by atoms with Crippen LogP contribution in [0.4, 0.5) is 0 Å². The van der Waals surface area contributed by atoms with Crippen LogP contribution in [-0.4, -0.2) is 24.0 Å². The quantitative estimate of drug-likeness (QED) is 0.785. The molecule has 0 saturated heterocycles. The van der Waals surface area contributed by atoms with E-state index in [1.165, 1.54) is 0 Å². The number of nitrogens with one attached hydrogen (secondary N) is 2. The van der Waals surface area contributed by atoms with Crippen LogP contribution in [0.1, 0.15) is 32.4 Å². The molecule has 0 bridgehead atoms. The number of hydrogen-bond acceptors (Lipinski definition) is 3. The normalized spacial score (nSPS) is 12.5. The zero-order valence-corrected chi connectivity index (χ0v) is 10.7. The maximum atomic E-state index is 11.5. The lowest BCUT2D eigenvalue weighted by molar-refractivity contribution is -0.120. The molecule has 2 N–H and O–H groups in total. The van der Waals surface area contributed by atoms with Gasteiger partial charge in [-0.3, -0.25) is 9.78 Å². The second-order valence-electron chi connectivity index (χ2n) is 4.59. The molecule has 0 radical (unpaired) electrons. The molecule has 0 aliphatic heterocycles. The molecular formula is C13H21N3O. The number of hydrogen-bond donors (Lipinski definition) is 2. The Labute approximate surface area is 103 Å². The third kappa shape index (κ3) is 5.45. The minimum absolute atomic E-state index is 0.0365. The first-order chi connectivity index (χ1) is 8.09. The van der Waals surface area contributed by atoms with Crippen LogP contribution in [0, 0.1) is 5.92 Å². The summed E-state index contributed by atoms with van der Waals surface area (Å²) in [4.78, 5) is 15.5. The van der Waals surface area contributed by atoms with Crippen LogP contribution >= 0.6 is 0 Å². The Morgan fingerprint density at radius 2 is 2.18 bits per heavy atom. The molecule has 0 aromatic carbocycles. The van der Waals surface area contributed by atoms with E-state index in [0.29, 0.717) is 12.5 Å². The van der Waals surface area contributed by atoms with E-state index in [2.05, 4.69) is 29.5 Å². The van der Waals surface area contributed by atoms with Crippen molar-refractivity contribution in [3.8, 4) is 0 Å². The summed E-state index contributed by atoms with van der Waals surface area (Å²) in [5, 5.41) is 6.04. The average Bonchev–Trinajstić information content (AvgIpc) is 2.34. The second-order valence-corrected chi connectivity index (χ2v) is 4.59. The van der Waals surface area contributed by atoms with Crippen LogP contribution in [0.3, 0.4) is 0 Å². The van der Waals surface area contributed by atoms with Gasteiger partial charge in [0.1, 0.15) is 0 Å². The van der Waals surface area contributed by atoms with Crippen LogP contribution in [0.5, 0.6) is 0 Å². The highest BCUT2D eigenvalue weighted by Gasteiger charge is 2.07. The van der Waals surface area contributed by atoms with Gasteiger partial charge in [-0.1, -0.05) is 19.9 Å². The summed E-state index contributed by atoms with van der Waals surface area (Å²) in [6, 6.07) is 4.02. The fraction of sp³-hybridized carbons (Fsp3) is 0.538. The smallest absolute Gasteiger partial charge is 0.233 e. The van der Waals surface area contributed by atoms with Crippen molar-refractivity contribution in [2.45, 2.75) is 26.8 Å². The van der Waals surface area contributed by atoms with Crippen molar-refractivity contribution in [2.24, 2.45) is 5.92 Å². The van der Waals surface area contributed by atoms with E-state index in [1.807, 2.05) is 25.3 Å². The molecule has 17 heavy (non-hydrogen) atoms. The van der Waals surface area contributed by atoms with Gasteiger partial charge >= 0.3 is 0 Å². The summed E-state index contributed by atoms with van der Waals surface area (Å²) in [5.41, 5.74) is 1.09. The summed E-state index contributed by atoms with van der Waals surface area (Å²) in [6.45, 7) is 7.23. The maximum absolute atomic E-state index is 11.5. The van der Waals surface area contributed by atoms with Crippen molar-refractivity contribution in [3.63, 3.8) is 0 Å². The largest absolute Gasteiger partial charge is 0.355 e. The number of rotatable bonds is 6. The van der Waals surface area contributed by atoms with Crippen LogP contribution in [0.15, 0.2) is 24.5 Å². The molecule has 1 heterocycles. The molecule has 1 atom stereocenters. The SMILES string of the molecule is CC(C)CNC(=O)CNC(C)c1cccnc1. The third-order valence-electron chi connectivity index (χ3n) is 2.46. The van der Waals surface area contributed by atoms with Gasteiger partial charge < -0.3 is 10.6 Å². The van der Waals surface area contributed by atoms with Crippen molar-refractivity contribution >= 4 is 5.91 Å². The Morgan fingerprint density at radius 1 is 1.41 bits per heavy atom. The number of carbonyl (C=O) groups excluding carboxylic acids is 1. The van der Waals surface area contributed by atoms with Gasteiger partial charge in [0.25, 0.3) is 0 Å². The molecule has 1 amide bonds. The first-order valence-electron chi connectivity index (χ1n) is 5.99. The molecule has 1 rings (SSSR count). The molecule has 1 aromatic rings. The van der Waals surface area contributed by atoms with E-state index in [0.717, 1.165) is 12.1 Å². The summed E-state index contributed by atoms with van der Waals surface area (Å²) < 4.78 is 0. The maximum Gasteiger partial charge on any atom is 0.233 e. The lowest BCUT2D eigenvalue weighted by Gasteiger charge is -2.14. The number of amides is 1. The fourth-order valence-corrected chi connectivity index (χ4v) is 1.38. The van der Waals surface area contributed by atoms with Gasteiger partial charge in [-0.05, 0) is 24.5 Å². The molecule has 0 aliphatic carbocycles. The van der Waals surface area contributed by atoms with E-state index < -0.39 is 0 Å². The van der Waals surface area contributed by atoms with Crippen LogP contribution in [0.2, 0.25) is 0 Å². The van der Waals surface area contributed by atoms with E-state index in [1.54, 1.807) is 6.20 Å². The van der Waals surface area contributed by atoms with Gasteiger partial charge in [0.2, 0.25) is 5.91 Å². The number of aromatic nitrogens is 1. The zero-order chi connectivity index (χ0) is 12.7. The Balaban J connectivity index is 2.29. The summed E-state index contributed by atoms with van der Waals surface area (Å²) in [7, 11) is 0. The molecule has 0 saturated carbocycles. The third-order valence-corrected chi connectivity index (χ3v) is 2.46. The highest BCUT2D eigenvalue weighted by molar-refractivity contribution is 5.78. The number of nitrogens with zero attached hydrogens (tertiary/aromatic N) is 1. The molecule has 4 nitrogen and oxygen atoms in total. The predicted octanol–water partition coefficient (Wildman–Crippen LogP) is 1.50. The van der Waals surface area contributed by atoms with Gasteiger partial charge in [0.05, 0.1) is 6.54 Å². The monoisotopic (exact) mass is 235 g/mol. The summed E-state index contributed by atoms with van der Waals surface area (Å²) >= 11 is 0. The molecule has 94 valence electrons. The van der Waals surface area contributed by atoms with Gasteiger partial charge in [-0.25, -0.2) is 0 Å². The minimum atomic E-state index is 0.0365. The van der Waals surface area contributed by atoms with Gasteiger partial charge in [-0.15, -0.1) is 0 Å². The molecule has 1 aromatic heterocycles.